The smallest absolute Gasteiger partial charge is 0.151 e. The lowest BCUT2D eigenvalue weighted by molar-refractivity contribution is 0.637. The van der Waals surface area contributed by atoms with Crippen LogP contribution in [0.15, 0.2) is 18.5 Å². The fourth-order valence-corrected chi connectivity index (χ4v) is 1.21. The topological polar surface area (TPSA) is 40.7 Å². The van der Waals surface area contributed by atoms with Crippen LogP contribution >= 0.6 is 0 Å². The molecule has 0 unspecified atom stereocenters. The van der Waals surface area contributed by atoms with Crippen molar-refractivity contribution in [3.8, 4) is 0 Å². The average Bonchev–Trinajstić information content (AvgIpc) is 2.54. The minimum absolute atomic E-state index is 0.301. The van der Waals surface area contributed by atoms with E-state index in [1.807, 2.05) is 0 Å². The average molecular weight is 165 g/mol. The minimum Gasteiger partial charge on any atom is -0.386 e. The summed E-state index contributed by atoms with van der Waals surface area (Å²) in [5, 5.41) is 2.95. The normalized spacial score (nSPS) is 10.5. The fourth-order valence-electron chi connectivity index (χ4n) is 1.21. The Morgan fingerprint density at radius 1 is 1.50 bits per heavy atom. The van der Waals surface area contributed by atoms with Crippen molar-refractivity contribution >= 4 is 16.7 Å². The molecule has 0 aliphatic carbocycles. The molecule has 62 valence electrons. The zero-order valence-corrected chi connectivity index (χ0v) is 6.56. The number of fused-ring (bicyclic) bond motifs is 1. The molecule has 0 saturated carbocycles. The lowest BCUT2D eigenvalue weighted by Gasteiger charge is -2.00. The van der Waals surface area contributed by atoms with E-state index < -0.39 is 0 Å². The van der Waals surface area contributed by atoms with Crippen LogP contribution in [0.3, 0.4) is 0 Å². The number of hydrogen-bond acceptors (Lipinski definition) is 2. The summed E-state index contributed by atoms with van der Waals surface area (Å²) in [4.78, 5) is 6.72. The van der Waals surface area contributed by atoms with Crippen LogP contribution in [0.4, 0.5) is 10.1 Å². The van der Waals surface area contributed by atoms with Crippen LogP contribution in [-0.2, 0) is 0 Å². The fraction of sp³-hybridized carbons (Fsp3) is 0.125. The quantitative estimate of drug-likeness (QED) is 0.675. The number of aromatic nitrogens is 2. The van der Waals surface area contributed by atoms with Gasteiger partial charge in [-0.05, 0) is 12.1 Å². The number of nitrogens with zero attached hydrogens (tertiary/aromatic N) is 1. The number of imidazole rings is 1. The number of halogens is 1. The first-order chi connectivity index (χ1) is 5.83. The molecule has 2 rings (SSSR count). The second-order valence-electron chi connectivity index (χ2n) is 2.47. The molecule has 4 heteroatoms. The van der Waals surface area contributed by atoms with Crippen molar-refractivity contribution in [3.63, 3.8) is 0 Å². The Kier molecular flexibility index (Phi) is 1.46. The van der Waals surface area contributed by atoms with Crippen LogP contribution in [0.25, 0.3) is 11.0 Å². The third-order valence-corrected chi connectivity index (χ3v) is 1.80. The van der Waals surface area contributed by atoms with Crippen LogP contribution in [0.2, 0.25) is 0 Å². The Morgan fingerprint density at radius 2 is 2.33 bits per heavy atom. The molecule has 0 fully saturated rings. The van der Waals surface area contributed by atoms with Crippen LogP contribution < -0.4 is 5.32 Å². The summed E-state index contributed by atoms with van der Waals surface area (Å²) in [5.74, 6) is -0.301. The van der Waals surface area contributed by atoms with Crippen LogP contribution in [0.1, 0.15) is 0 Å². The Hall–Kier alpha value is -1.58. The molecule has 1 aromatic carbocycles. The minimum atomic E-state index is -0.301. The molecule has 3 nitrogen and oxygen atoms in total. The van der Waals surface area contributed by atoms with Crippen LogP contribution in [0, 0.1) is 5.82 Å². The van der Waals surface area contributed by atoms with Gasteiger partial charge in [-0.2, -0.15) is 0 Å². The highest BCUT2D eigenvalue weighted by atomic mass is 19.1. The summed E-state index contributed by atoms with van der Waals surface area (Å²) in [7, 11) is 1.79. The van der Waals surface area contributed by atoms with Crippen molar-refractivity contribution in [1.82, 2.24) is 9.97 Å². The van der Waals surface area contributed by atoms with Crippen molar-refractivity contribution < 1.29 is 4.39 Å². The maximum Gasteiger partial charge on any atom is 0.151 e. The maximum absolute atomic E-state index is 13.0. The second kappa shape index (κ2) is 2.48. The van der Waals surface area contributed by atoms with E-state index in [0.717, 1.165) is 5.69 Å². The van der Waals surface area contributed by atoms with E-state index in [2.05, 4.69) is 15.3 Å². The van der Waals surface area contributed by atoms with Gasteiger partial charge in [-0.15, -0.1) is 0 Å². The predicted octanol–water partition coefficient (Wildman–Crippen LogP) is 1.74. The van der Waals surface area contributed by atoms with E-state index in [1.54, 1.807) is 13.1 Å². The number of hydrogen-bond donors (Lipinski definition) is 2. The van der Waals surface area contributed by atoms with E-state index in [9.17, 15) is 4.39 Å². The molecular weight excluding hydrogens is 157 g/mol. The van der Waals surface area contributed by atoms with Crippen molar-refractivity contribution in [2.24, 2.45) is 0 Å². The lowest BCUT2D eigenvalue weighted by atomic mass is 10.2. The van der Waals surface area contributed by atoms with Crippen LogP contribution in [0.5, 0.6) is 0 Å². The Balaban J connectivity index is 2.82. The van der Waals surface area contributed by atoms with Crippen molar-refractivity contribution in [3.05, 3.63) is 24.3 Å². The molecule has 0 atom stereocenters. The standard InChI is InChI=1S/C8H8FN3/c1-10-6-3-2-5(9)7-8(6)12-4-11-7/h2-4,10H,1H3,(H,11,12). The summed E-state index contributed by atoms with van der Waals surface area (Å²) in [6.45, 7) is 0. The molecule has 1 aromatic heterocycles. The Morgan fingerprint density at radius 3 is 3.08 bits per heavy atom. The predicted molar refractivity (Wildman–Crippen MR) is 45.6 cm³/mol. The highest BCUT2D eigenvalue weighted by Gasteiger charge is 2.05. The van der Waals surface area contributed by atoms with Gasteiger partial charge < -0.3 is 10.3 Å². The molecule has 1 heterocycles. The van der Waals surface area contributed by atoms with Gasteiger partial charge in [0.05, 0.1) is 17.5 Å². The number of rotatable bonds is 1. The molecule has 0 saturated heterocycles. The molecular formula is C8H8FN3. The van der Waals surface area contributed by atoms with Crippen LogP contribution in [-0.4, -0.2) is 17.0 Å². The second-order valence-corrected chi connectivity index (χ2v) is 2.47. The Bertz CT molecular complexity index is 408. The molecule has 0 aliphatic heterocycles. The SMILES string of the molecule is CNc1ccc(F)c2nc[nH]c12. The summed E-state index contributed by atoms with van der Waals surface area (Å²) >= 11 is 0. The number of benzene rings is 1. The molecule has 0 bridgehead atoms. The molecule has 2 N–H and O–H groups in total. The van der Waals surface area contributed by atoms with Crippen molar-refractivity contribution in [2.75, 3.05) is 12.4 Å². The van der Waals surface area contributed by atoms with Gasteiger partial charge in [0.1, 0.15) is 5.52 Å². The molecule has 0 radical (unpaired) electrons. The van der Waals surface area contributed by atoms with Gasteiger partial charge in [0.15, 0.2) is 5.82 Å². The zero-order chi connectivity index (χ0) is 8.55. The summed E-state index contributed by atoms with van der Waals surface area (Å²) in [5.41, 5.74) is 1.93. The maximum atomic E-state index is 13.0. The van der Waals surface area contributed by atoms with Crippen molar-refractivity contribution in [2.45, 2.75) is 0 Å². The first-order valence-electron chi connectivity index (χ1n) is 3.62. The molecule has 0 aliphatic rings. The van der Waals surface area contributed by atoms with E-state index in [0.29, 0.717) is 11.0 Å². The number of anilines is 1. The lowest BCUT2D eigenvalue weighted by Crippen LogP contribution is -1.90. The summed E-state index contributed by atoms with van der Waals surface area (Å²) < 4.78 is 13.0. The largest absolute Gasteiger partial charge is 0.386 e. The van der Waals surface area contributed by atoms with Gasteiger partial charge >= 0.3 is 0 Å². The van der Waals surface area contributed by atoms with Crippen molar-refractivity contribution in [1.29, 1.82) is 0 Å². The monoisotopic (exact) mass is 165 g/mol. The van der Waals surface area contributed by atoms with E-state index in [-0.39, 0.29) is 5.82 Å². The first-order valence-corrected chi connectivity index (χ1v) is 3.62. The highest BCUT2D eigenvalue weighted by Crippen LogP contribution is 2.21. The van der Waals surface area contributed by atoms with Gasteiger partial charge in [0.25, 0.3) is 0 Å². The number of nitrogens with one attached hydrogen (secondary N) is 2. The number of aromatic amines is 1. The molecule has 2 aromatic rings. The van der Waals surface area contributed by atoms with E-state index >= 15 is 0 Å². The van der Waals surface area contributed by atoms with Gasteiger partial charge in [-0.1, -0.05) is 0 Å². The molecule has 0 spiro atoms. The zero-order valence-electron chi connectivity index (χ0n) is 6.56. The van der Waals surface area contributed by atoms with E-state index in [4.69, 9.17) is 0 Å². The molecule has 0 amide bonds. The summed E-state index contributed by atoms with van der Waals surface area (Å²) in [6, 6.07) is 3.07. The van der Waals surface area contributed by atoms with E-state index in [1.165, 1.54) is 12.4 Å². The third kappa shape index (κ3) is 0.845. The highest BCUT2D eigenvalue weighted by molar-refractivity contribution is 5.88. The Labute approximate surface area is 68.6 Å². The van der Waals surface area contributed by atoms with Gasteiger partial charge in [-0.25, -0.2) is 9.37 Å². The molecule has 12 heavy (non-hydrogen) atoms. The van der Waals surface area contributed by atoms with Gasteiger partial charge in [0.2, 0.25) is 0 Å². The van der Waals surface area contributed by atoms with Gasteiger partial charge in [0, 0.05) is 7.05 Å². The first kappa shape index (κ1) is 7.09. The summed E-state index contributed by atoms with van der Waals surface area (Å²) in [6.07, 6.45) is 1.48. The third-order valence-electron chi connectivity index (χ3n) is 1.80. The van der Waals surface area contributed by atoms with Gasteiger partial charge in [-0.3, -0.25) is 0 Å². The number of H-pyrrole nitrogens is 1.